The van der Waals surface area contributed by atoms with Gasteiger partial charge in [-0.3, -0.25) is 4.90 Å². The Balaban J connectivity index is 2.37. The van der Waals surface area contributed by atoms with Crippen molar-refractivity contribution in [2.24, 2.45) is 0 Å². The number of nitrogens with one attached hydrogen (secondary N) is 1. The normalized spacial score (nSPS) is 12.7. The monoisotopic (exact) mass is 264 g/mol. The fraction of sp³-hybridized carbons (Fsp3) is 0.625. The SMILES string of the molecule is CCNCCCC(C)N(C)Cc1cccc(OC)c1. The third kappa shape index (κ3) is 6.08. The van der Waals surface area contributed by atoms with Crippen molar-refractivity contribution < 1.29 is 4.74 Å². The molecule has 0 aliphatic carbocycles. The number of benzene rings is 1. The molecule has 0 spiro atoms. The van der Waals surface area contributed by atoms with Crippen LogP contribution in [0.25, 0.3) is 0 Å². The zero-order valence-corrected chi connectivity index (χ0v) is 12.8. The fourth-order valence-electron chi connectivity index (χ4n) is 2.13. The Morgan fingerprint density at radius 1 is 1.37 bits per heavy atom. The smallest absolute Gasteiger partial charge is 0.119 e. The van der Waals surface area contributed by atoms with Gasteiger partial charge in [0.05, 0.1) is 7.11 Å². The summed E-state index contributed by atoms with van der Waals surface area (Å²) in [6.07, 6.45) is 2.46. The van der Waals surface area contributed by atoms with E-state index in [1.807, 2.05) is 6.07 Å². The van der Waals surface area contributed by atoms with Crippen LogP contribution in [0.2, 0.25) is 0 Å². The van der Waals surface area contributed by atoms with Crippen LogP contribution in [-0.4, -0.2) is 38.2 Å². The Kier molecular flexibility index (Phi) is 7.53. The number of nitrogens with zero attached hydrogens (tertiary/aromatic N) is 1. The third-order valence-corrected chi connectivity index (χ3v) is 3.54. The fourth-order valence-corrected chi connectivity index (χ4v) is 2.13. The highest BCUT2D eigenvalue weighted by atomic mass is 16.5. The highest BCUT2D eigenvalue weighted by Crippen LogP contribution is 2.15. The summed E-state index contributed by atoms with van der Waals surface area (Å²) in [6, 6.07) is 8.91. The summed E-state index contributed by atoms with van der Waals surface area (Å²) in [5.41, 5.74) is 1.31. The van der Waals surface area contributed by atoms with E-state index < -0.39 is 0 Å². The van der Waals surface area contributed by atoms with E-state index in [-0.39, 0.29) is 0 Å². The van der Waals surface area contributed by atoms with E-state index in [1.165, 1.54) is 18.4 Å². The zero-order valence-electron chi connectivity index (χ0n) is 12.8. The summed E-state index contributed by atoms with van der Waals surface area (Å²) >= 11 is 0. The standard InChI is InChI=1S/C16H28N2O/c1-5-17-11-7-8-14(2)18(3)13-15-9-6-10-16(12-15)19-4/h6,9-10,12,14,17H,5,7-8,11,13H2,1-4H3. The van der Waals surface area contributed by atoms with Crippen molar-refractivity contribution in [3.05, 3.63) is 29.8 Å². The molecular formula is C16H28N2O. The van der Waals surface area contributed by atoms with Gasteiger partial charge in [-0.1, -0.05) is 19.1 Å². The second-order valence-electron chi connectivity index (χ2n) is 5.11. The number of hydrogen-bond acceptors (Lipinski definition) is 3. The molecule has 0 fully saturated rings. The lowest BCUT2D eigenvalue weighted by Crippen LogP contribution is -2.29. The van der Waals surface area contributed by atoms with Gasteiger partial charge in [-0.2, -0.15) is 0 Å². The lowest BCUT2D eigenvalue weighted by Gasteiger charge is -2.25. The molecule has 1 aromatic carbocycles. The van der Waals surface area contributed by atoms with Gasteiger partial charge in [0.1, 0.15) is 5.75 Å². The van der Waals surface area contributed by atoms with Gasteiger partial charge in [-0.15, -0.1) is 0 Å². The maximum atomic E-state index is 5.26. The van der Waals surface area contributed by atoms with E-state index in [1.54, 1.807) is 7.11 Å². The molecule has 0 amide bonds. The van der Waals surface area contributed by atoms with E-state index >= 15 is 0 Å². The second kappa shape index (κ2) is 8.94. The molecule has 1 unspecified atom stereocenters. The summed E-state index contributed by atoms with van der Waals surface area (Å²) in [6.45, 7) is 7.60. The lowest BCUT2D eigenvalue weighted by molar-refractivity contribution is 0.234. The molecule has 0 aliphatic rings. The Morgan fingerprint density at radius 2 is 2.16 bits per heavy atom. The van der Waals surface area contributed by atoms with Crippen molar-refractivity contribution in [2.75, 3.05) is 27.2 Å². The molecule has 0 radical (unpaired) electrons. The van der Waals surface area contributed by atoms with E-state index in [4.69, 9.17) is 4.74 Å². The number of ether oxygens (including phenoxy) is 1. The van der Waals surface area contributed by atoms with Gasteiger partial charge < -0.3 is 10.1 Å². The van der Waals surface area contributed by atoms with Crippen molar-refractivity contribution in [2.45, 2.75) is 39.3 Å². The number of hydrogen-bond donors (Lipinski definition) is 1. The molecule has 1 atom stereocenters. The Labute approximate surface area is 118 Å². The van der Waals surface area contributed by atoms with Gasteiger partial charge >= 0.3 is 0 Å². The van der Waals surface area contributed by atoms with Crippen LogP contribution in [0.3, 0.4) is 0 Å². The first-order chi connectivity index (χ1) is 9.17. The third-order valence-electron chi connectivity index (χ3n) is 3.54. The molecule has 0 heterocycles. The van der Waals surface area contributed by atoms with Crippen LogP contribution in [0.1, 0.15) is 32.3 Å². The summed E-state index contributed by atoms with van der Waals surface area (Å²) < 4.78 is 5.26. The van der Waals surface area contributed by atoms with Crippen LogP contribution in [0.15, 0.2) is 24.3 Å². The molecule has 1 rings (SSSR count). The van der Waals surface area contributed by atoms with Gasteiger partial charge in [-0.05, 0) is 57.6 Å². The number of rotatable bonds is 9. The number of methoxy groups -OCH3 is 1. The zero-order chi connectivity index (χ0) is 14.1. The molecule has 0 saturated carbocycles. The molecule has 1 N–H and O–H groups in total. The van der Waals surface area contributed by atoms with Crippen molar-refractivity contribution in [1.82, 2.24) is 10.2 Å². The first kappa shape index (κ1) is 16.0. The summed E-state index contributed by atoms with van der Waals surface area (Å²) in [4.78, 5) is 2.40. The van der Waals surface area contributed by atoms with E-state index in [0.29, 0.717) is 6.04 Å². The quantitative estimate of drug-likeness (QED) is 0.694. The second-order valence-corrected chi connectivity index (χ2v) is 5.11. The molecule has 0 bridgehead atoms. The first-order valence-electron chi connectivity index (χ1n) is 7.21. The van der Waals surface area contributed by atoms with Crippen molar-refractivity contribution in [3.8, 4) is 5.75 Å². The van der Waals surface area contributed by atoms with Crippen molar-refractivity contribution in [3.63, 3.8) is 0 Å². The topological polar surface area (TPSA) is 24.5 Å². The van der Waals surface area contributed by atoms with Crippen LogP contribution >= 0.6 is 0 Å². The van der Waals surface area contributed by atoms with Crippen LogP contribution in [0.5, 0.6) is 5.75 Å². The molecule has 0 saturated heterocycles. The predicted molar refractivity (Wildman–Crippen MR) is 81.7 cm³/mol. The highest BCUT2D eigenvalue weighted by molar-refractivity contribution is 5.28. The van der Waals surface area contributed by atoms with Crippen LogP contribution in [0, 0.1) is 0 Å². The van der Waals surface area contributed by atoms with Gasteiger partial charge in [0.15, 0.2) is 0 Å². The Hall–Kier alpha value is -1.06. The minimum atomic E-state index is 0.602. The van der Waals surface area contributed by atoms with Crippen molar-refractivity contribution in [1.29, 1.82) is 0 Å². The predicted octanol–water partition coefficient (Wildman–Crippen LogP) is 2.91. The molecule has 108 valence electrons. The van der Waals surface area contributed by atoms with Crippen LogP contribution in [-0.2, 0) is 6.54 Å². The maximum Gasteiger partial charge on any atom is 0.119 e. The van der Waals surface area contributed by atoms with Gasteiger partial charge in [0, 0.05) is 12.6 Å². The summed E-state index contributed by atoms with van der Waals surface area (Å²) in [5.74, 6) is 0.936. The Bertz CT molecular complexity index is 354. The highest BCUT2D eigenvalue weighted by Gasteiger charge is 2.09. The largest absolute Gasteiger partial charge is 0.497 e. The minimum absolute atomic E-state index is 0.602. The van der Waals surface area contributed by atoms with E-state index in [0.717, 1.165) is 25.4 Å². The molecule has 0 aromatic heterocycles. The minimum Gasteiger partial charge on any atom is -0.497 e. The first-order valence-corrected chi connectivity index (χ1v) is 7.21. The molecule has 19 heavy (non-hydrogen) atoms. The molecule has 3 heteroatoms. The molecule has 0 aliphatic heterocycles. The van der Waals surface area contributed by atoms with Crippen LogP contribution < -0.4 is 10.1 Å². The summed E-state index contributed by atoms with van der Waals surface area (Å²) in [7, 11) is 3.91. The Morgan fingerprint density at radius 3 is 2.84 bits per heavy atom. The van der Waals surface area contributed by atoms with E-state index in [2.05, 4.69) is 49.3 Å². The average Bonchev–Trinajstić information content (AvgIpc) is 2.43. The van der Waals surface area contributed by atoms with Crippen molar-refractivity contribution >= 4 is 0 Å². The average molecular weight is 264 g/mol. The maximum absolute atomic E-state index is 5.26. The summed E-state index contributed by atoms with van der Waals surface area (Å²) in [5, 5.41) is 3.37. The molecule has 1 aromatic rings. The van der Waals surface area contributed by atoms with Gasteiger partial charge in [-0.25, -0.2) is 0 Å². The van der Waals surface area contributed by atoms with E-state index in [9.17, 15) is 0 Å². The van der Waals surface area contributed by atoms with Gasteiger partial charge in [0.25, 0.3) is 0 Å². The van der Waals surface area contributed by atoms with Crippen LogP contribution in [0.4, 0.5) is 0 Å². The van der Waals surface area contributed by atoms with Gasteiger partial charge in [0.2, 0.25) is 0 Å². The lowest BCUT2D eigenvalue weighted by atomic mass is 10.1. The molecular weight excluding hydrogens is 236 g/mol. The molecule has 3 nitrogen and oxygen atoms in total.